The van der Waals surface area contributed by atoms with Crippen molar-refractivity contribution in [1.82, 2.24) is 0 Å². The molecule has 0 radical (unpaired) electrons. The van der Waals surface area contributed by atoms with Gasteiger partial charge in [-0.1, -0.05) is 18.2 Å². The molecule has 0 aliphatic carbocycles. The molecule has 0 bridgehead atoms. The van der Waals surface area contributed by atoms with E-state index in [1.54, 1.807) is 25.1 Å². The number of aryl methyl sites for hydroxylation is 1. The second-order valence-corrected chi connectivity index (χ2v) is 6.86. The van der Waals surface area contributed by atoms with Crippen LogP contribution in [0.4, 0.5) is 0 Å². The smallest absolute Gasteiger partial charge is 0.312 e. The van der Waals surface area contributed by atoms with Crippen molar-refractivity contribution in [3.8, 4) is 17.2 Å². The number of phenolic OH excluding ortho intramolecular Hbond substituents is 1. The number of ether oxygens (including phenoxy) is 2. The molecule has 2 rings (SSSR count). The van der Waals surface area contributed by atoms with Crippen molar-refractivity contribution in [1.29, 1.82) is 0 Å². The van der Waals surface area contributed by atoms with Gasteiger partial charge in [-0.25, -0.2) is 0 Å². The van der Waals surface area contributed by atoms with Crippen molar-refractivity contribution in [2.24, 2.45) is 5.41 Å². The van der Waals surface area contributed by atoms with Crippen LogP contribution >= 0.6 is 0 Å². The summed E-state index contributed by atoms with van der Waals surface area (Å²) in [6, 6.07) is 10.9. The van der Waals surface area contributed by atoms with Crippen LogP contribution in [0.15, 0.2) is 36.4 Å². The molecule has 2 N–H and O–H groups in total. The molecule has 0 spiro atoms. The quantitative estimate of drug-likeness (QED) is 0.737. The molecule has 0 aliphatic heterocycles. The molecule has 0 fully saturated rings. The van der Waals surface area contributed by atoms with Crippen LogP contribution in [-0.4, -0.2) is 29.4 Å². The molecule has 5 nitrogen and oxygen atoms in total. The van der Waals surface area contributed by atoms with Gasteiger partial charge in [0.2, 0.25) is 0 Å². The SMILES string of the molecule is Cc1cc(OCCC(C)(COc2ccccc2)C(=O)O)c(C)c(C)c1O. The first-order valence-corrected chi connectivity index (χ1v) is 8.58. The van der Waals surface area contributed by atoms with Gasteiger partial charge in [0.05, 0.1) is 6.61 Å². The van der Waals surface area contributed by atoms with Gasteiger partial charge >= 0.3 is 5.97 Å². The van der Waals surface area contributed by atoms with Crippen LogP contribution < -0.4 is 9.47 Å². The van der Waals surface area contributed by atoms with Crippen molar-refractivity contribution in [2.45, 2.75) is 34.1 Å². The summed E-state index contributed by atoms with van der Waals surface area (Å²) in [6.45, 7) is 7.47. The number of carboxylic acid groups (broad SMARTS) is 1. The largest absolute Gasteiger partial charge is 0.507 e. The monoisotopic (exact) mass is 358 g/mol. The Balaban J connectivity index is 2.01. The van der Waals surface area contributed by atoms with E-state index in [9.17, 15) is 15.0 Å². The van der Waals surface area contributed by atoms with Gasteiger partial charge in [0.1, 0.15) is 29.3 Å². The highest BCUT2D eigenvalue weighted by Gasteiger charge is 2.34. The predicted molar refractivity (Wildman–Crippen MR) is 100 cm³/mol. The highest BCUT2D eigenvalue weighted by atomic mass is 16.5. The summed E-state index contributed by atoms with van der Waals surface area (Å²) >= 11 is 0. The average molecular weight is 358 g/mol. The first-order valence-electron chi connectivity index (χ1n) is 8.58. The zero-order chi connectivity index (χ0) is 19.3. The topological polar surface area (TPSA) is 76.0 Å². The van der Waals surface area contributed by atoms with Crippen molar-refractivity contribution in [2.75, 3.05) is 13.2 Å². The first kappa shape index (κ1) is 19.6. The highest BCUT2D eigenvalue weighted by molar-refractivity contribution is 5.74. The van der Waals surface area contributed by atoms with Gasteiger partial charge in [-0.3, -0.25) is 4.79 Å². The number of para-hydroxylation sites is 1. The Bertz CT molecular complexity index is 770. The van der Waals surface area contributed by atoms with E-state index in [1.165, 1.54) is 0 Å². The normalized spacial score (nSPS) is 13.1. The lowest BCUT2D eigenvalue weighted by Crippen LogP contribution is -2.35. The molecule has 2 aromatic rings. The van der Waals surface area contributed by atoms with Crippen molar-refractivity contribution in [3.63, 3.8) is 0 Å². The summed E-state index contributed by atoms with van der Waals surface area (Å²) in [5.41, 5.74) is 1.29. The predicted octanol–water partition coefficient (Wildman–Crippen LogP) is 4.26. The Hall–Kier alpha value is -2.69. The van der Waals surface area contributed by atoms with E-state index < -0.39 is 11.4 Å². The van der Waals surface area contributed by atoms with E-state index in [2.05, 4.69) is 0 Å². The number of hydrogen-bond donors (Lipinski definition) is 2. The van der Waals surface area contributed by atoms with Crippen LogP contribution in [0.1, 0.15) is 30.0 Å². The van der Waals surface area contributed by atoms with E-state index in [4.69, 9.17) is 9.47 Å². The summed E-state index contributed by atoms with van der Waals surface area (Å²) in [7, 11) is 0. The van der Waals surface area contributed by atoms with Crippen LogP contribution in [0.2, 0.25) is 0 Å². The molecular weight excluding hydrogens is 332 g/mol. The van der Waals surface area contributed by atoms with Crippen LogP contribution in [0.3, 0.4) is 0 Å². The second-order valence-electron chi connectivity index (χ2n) is 6.86. The molecule has 0 aliphatic rings. The molecule has 0 saturated carbocycles. The molecule has 0 aromatic heterocycles. The van der Waals surface area contributed by atoms with E-state index in [-0.39, 0.29) is 19.0 Å². The number of benzene rings is 2. The van der Waals surface area contributed by atoms with Gasteiger partial charge in [-0.2, -0.15) is 0 Å². The van der Waals surface area contributed by atoms with Gasteiger partial charge in [0.25, 0.3) is 0 Å². The Morgan fingerprint density at radius 1 is 1.08 bits per heavy atom. The third-order valence-electron chi connectivity index (χ3n) is 4.74. The maximum atomic E-state index is 11.7. The maximum Gasteiger partial charge on any atom is 0.312 e. The van der Waals surface area contributed by atoms with E-state index in [0.717, 1.165) is 16.7 Å². The average Bonchev–Trinajstić information content (AvgIpc) is 2.63. The van der Waals surface area contributed by atoms with Crippen LogP contribution in [0.5, 0.6) is 17.2 Å². The number of carboxylic acids is 1. The zero-order valence-electron chi connectivity index (χ0n) is 15.7. The first-order chi connectivity index (χ1) is 12.2. The lowest BCUT2D eigenvalue weighted by molar-refractivity contribution is -0.150. The fourth-order valence-electron chi connectivity index (χ4n) is 2.57. The van der Waals surface area contributed by atoms with Gasteiger partial charge in [-0.05, 0) is 62.6 Å². The number of hydrogen-bond acceptors (Lipinski definition) is 4. The molecule has 1 unspecified atom stereocenters. The minimum Gasteiger partial charge on any atom is -0.507 e. The van der Waals surface area contributed by atoms with Crippen molar-refractivity contribution >= 4 is 5.97 Å². The lowest BCUT2D eigenvalue weighted by Gasteiger charge is -2.25. The minimum atomic E-state index is -1.06. The zero-order valence-corrected chi connectivity index (χ0v) is 15.7. The van der Waals surface area contributed by atoms with Crippen LogP contribution in [0, 0.1) is 26.2 Å². The Morgan fingerprint density at radius 2 is 1.73 bits per heavy atom. The van der Waals surface area contributed by atoms with E-state index >= 15 is 0 Å². The maximum absolute atomic E-state index is 11.7. The summed E-state index contributed by atoms with van der Waals surface area (Å²) in [5, 5.41) is 19.6. The van der Waals surface area contributed by atoms with E-state index in [1.807, 2.05) is 39.0 Å². The molecule has 26 heavy (non-hydrogen) atoms. The van der Waals surface area contributed by atoms with Crippen LogP contribution in [0.25, 0.3) is 0 Å². The second kappa shape index (κ2) is 8.13. The van der Waals surface area contributed by atoms with Gasteiger partial charge < -0.3 is 19.7 Å². The summed E-state index contributed by atoms with van der Waals surface area (Å²) in [4.78, 5) is 11.7. The minimum absolute atomic E-state index is 0.0579. The van der Waals surface area contributed by atoms with Crippen molar-refractivity contribution in [3.05, 3.63) is 53.1 Å². The Morgan fingerprint density at radius 3 is 2.35 bits per heavy atom. The molecule has 2 aromatic carbocycles. The van der Waals surface area contributed by atoms with E-state index in [0.29, 0.717) is 17.9 Å². The molecule has 5 heteroatoms. The van der Waals surface area contributed by atoms with Gasteiger partial charge in [-0.15, -0.1) is 0 Å². The van der Waals surface area contributed by atoms with Gasteiger partial charge in [0.15, 0.2) is 0 Å². The number of aromatic hydroxyl groups is 1. The Kier molecular flexibility index (Phi) is 6.14. The molecule has 1 atom stereocenters. The van der Waals surface area contributed by atoms with Gasteiger partial charge in [0, 0.05) is 6.42 Å². The molecule has 0 saturated heterocycles. The molecule has 0 amide bonds. The third-order valence-corrected chi connectivity index (χ3v) is 4.74. The fraction of sp³-hybridized carbons (Fsp3) is 0.381. The van der Waals surface area contributed by atoms with Crippen molar-refractivity contribution < 1.29 is 24.5 Å². The number of rotatable bonds is 8. The number of carbonyl (C=O) groups is 1. The summed E-state index contributed by atoms with van der Waals surface area (Å²) in [5.74, 6) is 0.643. The fourth-order valence-corrected chi connectivity index (χ4v) is 2.57. The highest BCUT2D eigenvalue weighted by Crippen LogP contribution is 2.32. The number of aliphatic carboxylic acids is 1. The lowest BCUT2D eigenvalue weighted by atomic mass is 9.88. The number of phenols is 1. The summed E-state index contributed by atoms with van der Waals surface area (Å²) in [6.07, 6.45) is 0.299. The standard InChI is InChI=1S/C21H26O5/c1-14-12-18(15(2)16(3)19(14)22)25-11-10-21(4,20(23)24)13-26-17-8-6-5-7-9-17/h5-9,12,22H,10-11,13H2,1-4H3,(H,23,24). The Labute approximate surface area is 154 Å². The van der Waals surface area contributed by atoms with Crippen LogP contribution in [-0.2, 0) is 4.79 Å². The summed E-state index contributed by atoms with van der Waals surface area (Å²) < 4.78 is 11.5. The molecule has 0 heterocycles. The molecule has 140 valence electrons. The molecular formula is C21H26O5. The third kappa shape index (κ3) is 4.48.